The molecular formula is C13H22O4. The number of hydrogen-bond donors (Lipinski definition) is 1. The van der Waals surface area contributed by atoms with Crippen LogP contribution in [0, 0.1) is 0 Å². The van der Waals surface area contributed by atoms with Crippen LogP contribution in [0.25, 0.3) is 0 Å². The standard InChI is InChI=1S/C13H22O4/c1-5-9-15-13(12(14)8-4,16-10-6-2)17-11-7-3/h5-7,12,14H,1-3,8-11H2,4H3. The highest BCUT2D eigenvalue weighted by molar-refractivity contribution is 4.77. The van der Waals surface area contributed by atoms with Gasteiger partial charge < -0.3 is 19.3 Å². The lowest BCUT2D eigenvalue weighted by Crippen LogP contribution is -2.50. The van der Waals surface area contributed by atoms with Gasteiger partial charge in [-0.15, -0.1) is 19.7 Å². The first-order chi connectivity index (χ1) is 8.16. The lowest BCUT2D eigenvalue weighted by molar-refractivity contribution is -0.404. The summed E-state index contributed by atoms with van der Waals surface area (Å²) in [5.74, 6) is -1.49. The molecule has 4 heteroatoms. The predicted octanol–water partition coefficient (Wildman–Crippen LogP) is 2.02. The van der Waals surface area contributed by atoms with E-state index in [4.69, 9.17) is 14.2 Å². The number of aliphatic hydroxyl groups excluding tert-OH is 1. The minimum atomic E-state index is -1.49. The summed E-state index contributed by atoms with van der Waals surface area (Å²) < 4.78 is 16.3. The third kappa shape index (κ3) is 5.28. The maximum Gasteiger partial charge on any atom is 0.311 e. The van der Waals surface area contributed by atoms with Crippen molar-refractivity contribution >= 4 is 0 Å². The van der Waals surface area contributed by atoms with Gasteiger partial charge in [0.25, 0.3) is 0 Å². The van der Waals surface area contributed by atoms with Gasteiger partial charge in [-0.2, -0.15) is 0 Å². The topological polar surface area (TPSA) is 47.9 Å². The van der Waals surface area contributed by atoms with Gasteiger partial charge in [-0.1, -0.05) is 25.2 Å². The highest BCUT2D eigenvalue weighted by Gasteiger charge is 2.40. The molecule has 17 heavy (non-hydrogen) atoms. The lowest BCUT2D eigenvalue weighted by Gasteiger charge is -2.35. The second kappa shape index (κ2) is 9.13. The van der Waals surface area contributed by atoms with E-state index in [-0.39, 0.29) is 19.8 Å². The minimum Gasteiger partial charge on any atom is -0.385 e. The van der Waals surface area contributed by atoms with Gasteiger partial charge in [0, 0.05) is 0 Å². The van der Waals surface area contributed by atoms with Crippen LogP contribution < -0.4 is 0 Å². The molecule has 0 aromatic heterocycles. The van der Waals surface area contributed by atoms with Gasteiger partial charge in [-0.25, -0.2) is 0 Å². The Morgan fingerprint density at radius 3 is 1.59 bits per heavy atom. The summed E-state index contributed by atoms with van der Waals surface area (Å²) in [6, 6.07) is 0. The van der Waals surface area contributed by atoms with Crippen LogP contribution >= 0.6 is 0 Å². The van der Waals surface area contributed by atoms with E-state index in [1.54, 1.807) is 18.2 Å². The first-order valence-corrected chi connectivity index (χ1v) is 5.59. The number of ether oxygens (including phenoxy) is 3. The fraction of sp³-hybridized carbons (Fsp3) is 0.538. The molecule has 0 aliphatic rings. The minimum absolute atomic E-state index is 0.214. The molecule has 1 N–H and O–H groups in total. The van der Waals surface area contributed by atoms with Gasteiger partial charge in [0.15, 0.2) is 0 Å². The molecule has 4 nitrogen and oxygen atoms in total. The van der Waals surface area contributed by atoms with Crippen LogP contribution in [0.4, 0.5) is 0 Å². The van der Waals surface area contributed by atoms with E-state index in [2.05, 4.69) is 19.7 Å². The fourth-order valence-corrected chi connectivity index (χ4v) is 1.19. The van der Waals surface area contributed by atoms with Gasteiger partial charge in [0.2, 0.25) is 0 Å². The summed E-state index contributed by atoms with van der Waals surface area (Å²) in [5, 5.41) is 9.97. The number of rotatable bonds is 11. The van der Waals surface area contributed by atoms with E-state index in [1.165, 1.54) is 0 Å². The number of hydrogen-bond acceptors (Lipinski definition) is 4. The van der Waals surface area contributed by atoms with E-state index in [0.29, 0.717) is 6.42 Å². The zero-order chi connectivity index (χ0) is 13.1. The Bertz CT molecular complexity index is 206. The average Bonchev–Trinajstić information content (AvgIpc) is 2.37. The SMILES string of the molecule is C=CCOC(OCC=C)(OCC=C)C(O)CC. The van der Waals surface area contributed by atoms with Crippen LogP contribution in [-0.4, -0.2) is 37.0 Å². The van der Waals surface area contributed by atoms with Crippen molar-refractivity contribution in [2.24, 2.45) is 0 Å². The van der Waals surface area contributed by atoms with Crippen molar-refractivity contribution in [1.29, 1.82) is 0 Å². The smallest absolute Gasteiger partial charge is 0.311 e. The van der Waals surface area contributed by atoms with Crippen LogP contribution in [0.15, 0.2) is 38.0 Å². The first-order valence-electron chi connectivity index (χ1n) is 5.59. The zero-order valence-corrected chi connectivity index (χ0v) is 10.4. The fourth-order valence-electron chi connectivity index (χ4n) is 1.19. The van der Waals surface area contributed by atoms with E-state index in [9.17, 15) is 5.11 Å². The maximum absolute atomic E-state index is 9.97. The Kier molecular flexibility index (Phi) is 8.62. The Morgan fingerprint density at radius 2 is 1.35 bits per heavy atom. The normalized spacial score (nSPS) is 13.1. The summed E-state index contributed by atoms with van der Waals surface area (Å²) in [6.07, 6.45) is 4.22. The Labute approximate surface area is 103 Å². The Balaban J connectivity index is 4.80. The van der Waals surface area contributed by atoms with Crippen molar-refractivity contribution in [3.8, 4) is 0 Å². The van der Waals surface area contributed by atoms with Crippen LogP contribution in [0.3, 0.4) is 0 Å². The molecule has 0 fully saturated rings. The molecule has 98 valence electrons. The largest absolute Gasteiger partial charge is 0.385 e. The summed E-state index contributed by atoms with van der Waals surface area (Å²) in [4.78, 5) is 0. The number of aliphatic hydroxyl groups is 1. The Morgan fingerprint density at radius 1 is 1.00 bits per heavy atom. The van der Waals surface area contributed by atoms with Crippen LogP contribution in [0.5, 0.6) is 0 Å². The van der Waals surface area contributed by atoms with Crippen molar-refractivity contribution < 1.29 is 19.3 Å². The molecule has 0 heterocycles. The molecule has 0 aliphatic carbocycles. The molecule has 0 bridgehead atoms. The molecule has 0 amide bonds. The van der Waals surface area contributed by atoms with Gasteiger partial charge in [-0.05, 0) is 6.42 Å². The average molecular weight is 242 g/mol. The highest BCUT2D eigenvalue weighted by atomic mass is 16.9. The van der Waals surface area contributed by atoms with Gasteiger partial charge >= 0.3 is 5.97 Å². The summed E-state index contributed by atoms with van der Waals surface area (Å²) >= 11 is 0. The van der Waals surface area contributed by atoms with Crippen molar-refractivity contribution in [2.75, 3.05) is 19.8 Å². The van der Waals surface area contributed by atoms with Gasteiger partial charge in [0.05, 0.1) is 19.8 Å². The summed E-state index contributed by atoms with van der Waals surface area (Å²) in [6.45, 7) is 13.1. The maximum atomic E-state index is 9.97. The third-order valence-corrected chi connectivity index (χ3v) is 2.00. The van der Waals surface area contributed by atoms with E-state index < -0.39 is 12.1 Å². The molecule has 0 rings (SSSR count). The Hall–Kier alpha value is -0.940. The molecule has 0 saturated carbocycles. The van der Waals surface area contributed by atoms with E-state index in [1.807, 2.05) is 6.92 Å². The van der Waals surface area contributed by atoms with Gasteiger partial charge in [-0.3, -0.25) is 0 Å². The van der Waals surface area contributed by atoms with E-state index >= 15 is 0 Å². The lowest BCUT2D eigenvalue weighted by atomic mass is 10.2. The summed E-state index contributed by atoms with van der Waals surface area (Å²) in [5.41, 5.74) is 0. The quantitative estimate of drug-likeness (QED) is 0.445. The van der Waals surface area contributed by atoms with Crippen molar-refractivity contribution in [2.45, 2.75) is 25.4 Å². The molecule has 0 aromatic rings. The molecule has 0 spiro atoms. The monoisotopic (exact) mass is 242 g/mol. The van der Waals surface area contributed by atoms with E-state index in [0.717, 1.165) is 0 Å². The molecular weight excluding hydrogens is 220 g/mol. The molecule has 0 aromatic carbocycles. The van der Waals surface area contributed by atoms with Crippen LogP contribution in [0.1, 0.15) is 13.3 Å². The zero-order valence-electron chi connectivity index (χ0n) is 10.4. The van der Waals surface area contributed by atoms with Crippen molar-refractivity contribution in [1.82, 2.24) is 0 Å². The molecule has 1 atom stereocenters. The van der Waals surface area contributed by atoms with Gasteiger partial charge in [0.1, 0.15) is 6.10 Å². The van der Waals surface area contributed by atoms with Crippen molar-refractivity contribution in [3.05, 3.63) is 38.0 Å². The molecule has 0 saturated heterocycles. The van der Waals surface area contributed by atoms with Crippen molar-refractivity contribution in [3.63, 3.8) is 0 Å². The summed E-state index contributed by atoms with van der Waals surface area (Å²) in [7, 11) is 0. The second-order valence-corrected chi connectivity index (χ2v) is 3.33. The molecule has 0 radical (unpaired) electrons. The molecule has 1 unspecified atom stereocenters. The van der Waals surface area contributed by atoms with Crippen LogP contribution in [0.2, 0.25) is 0 Å². The second-order valence-electron chi connectivity index (χ2n) is 3.33. The predicted molar refractivity (Wildman–Crippen MR) is 67.5 cm³/mol. The highest BCUT2D eigenvalue weighted by Crippen LogP contribution is 2.23. The first kappa shape index (κ1) is 16.1. The molecule has 0 aliphatic heterocycles. The third-order valence-electron chi connectivity index (χ3n) is 2.00. The van der Waals surface area contributed by atoms with Crippen LogP contribution in [-0.2, 0) is 14.2 Å².